The lowest BCUT2D eigenvalue weighted by Gasteiger charge is -2.16. The minimum Gasteiger partial charge on any atom is -0.396 e. The molecule has 2 nitrogen and oxygen atoms in total. The first-order valence-electron chi connectivity index (χ1n) is 12.1. The van der Waals surface area contributed by atoms with Crippen LogP contribution >= 0.6 is 0 Å². The highest BCUT2D eigenvalue weighted by molar-refractivity contribution is 4.63. The Hall–Kier alpha value is -0.0800. The summed E-state index contributed by atoms with van der Waals surface area (Å²) in [6.45, 7) is 10.7. The summed E-state index contributed by atoms with van der Waals surface area (Å²) in [6, 6.07) is 0. The van der Waals surface area contributed by atoms with Crippen molar-refractivity contribution in [2.75, 3.05) is 13.2 Å². The molecule has 2 N–H and O–H groups in total. The zero-order valence-electron chi connectivity index (χ0n) is 19.7. The second kappa shape index (κ2) is 22.2. The van der Waals surface area contributed by atoms with E-state index in [-0.39, 0.29) is 18.6 Å². The highest BCUT2D eigenvalue weighted by Crippen LogP contribution is 2.14. The van der Waals surface area contributed by atoms with Gasteiger partial charge in [0.25, 0.3) is 0 Å². The molecule has 166 valence electrons. The molecular formula is C25H54O2. The number of hydrogen-bond donors (Lipinski definition) is 2. The topological polar surface area (TPSA) is 40.5 Å². The molecule has 0 saturated heterocycles. The van der Waals surface area contributed by atoms with E-state index >= 15 is 0 Å². The third-order valence-corrected chi connectivity index (χ3v) is 5.24. The number of unbranched alkanes of at least 4 members (excludes halogenated alkanes) is 14. The van der Waals surface area contributed by atoms with Crippen LogP contribution in [0.25, 0.3) is 0 Å². The van der Waals surface area contributed by atoms with Gasteiger partial charge in [-0.25, -0.2) is 0 Å². The smallest absolute Gasteiger partial charge is 0.0504 e. The van der Waals surface area contributed by atoms with Crippen LogP contribution in [-0.4, -0.2) is 23.4 Å². The Morgan fingerprint density at radius 1 is 0.556 bits per heavy atom. The molecule has 0 aromatic heterocycles. The predicted molar refractivity (Wildman–Crippen MR) is 122 cm³/mol. The van der Waals surface area contributed by atoms with E-state index in [0.29, 0.717) is 0 Å². The lowest BCUT2D eigenvalue weighted by molar-refractivity contribution is 0.0857. The van der Waals surface area contributed by atoms with Gasteiger partial charge in [-0.3, -0.25) is 0 Å². The predicted octanol–water partition coefficient (Wildman–Crippen LogP) is 7.90. The average molecular weight is 387 g/mol. The van der Waals surface area contributed by atoms with Gasteiger partial charge >= 0.3 is 0 Å². The van der Waals surface area contributed by atoms with Crippen molar-refractivity contribution in [2.45, 2.75) is 137 Å². The van der Waals surface area contributed by atoms with Crippen LogP contribution in [0, 0.1) is 11.3 Å². The SMILES string of the molecule is CC(C)(CO)CO.CCCCCCCCCCCCCCCCCC(C)C. The van der Waals surface area contributed by atoms with Crippen molar-refractivity contribution in [3.05, 3.63) is 0 Å². The van der Waals surface area contributed by atoms with Crippen molar-refractivity contribution in [3.8, 4) is 0 Å². The molecule has 0 aliphatic carbocycles. The molecule has 0 rings (SSSR count). The van der Waals surface area contributed by atoms with Gasteiger partial charge in [0.1, 0.15) is 0 Å². The van der Waals surface area contributed by atoms with Gasteiger partial charge in [-0.2, -0.15) is 0 Å². The van der Waals surface area contributed by atoms with Crippen molar-refractivity contribution in [2.24, 2.45) is 11.3 Å². The van der Waals surface area contributed by atoms with Crippen LogP contribution in [0.2, 0.25) is 0 Å². The molecule has 0 fully saturated rings. The van der Waals surface area contributed by atoms with Gasteiger partial charge in [0.2, 0.25) is 0 Å². The van der Waals surface area contributed by atoms with Crippen LogP contribution < -0.4 is 0 Å². The maximum absolute atomic E-state index is 8.43. The van der Waals surface area contributed by atoms with E-state index in [4.69, 9.17) is 10.2 Å². The molecule has 0 aliphatic rings. The fourth-order valence-corrected chi connectivity index (χ4v) is 2.97. The van der Waals surface area contributed by atoms with E-state index in [1.165, 1.54) is 103 Å². The van der Waals surface area contributed by atoms with Crippen LogP contribution in [0.1, 0.15) is 137 Å². The summed E-state index contributed by atoms with van der Waals surface area (Å²) in [6.07, 6.45) is 23.5. The molecule has 0 radical (unpaired) electrons. The quantitative estimate of drug-likeness (QED) is 0.235. The summed E-state index contributed by atoms with van der Waals surface area (Å²) in [5.74, 6) is 0.900. The zero-order chi connectivity index (χ0) is 20.8. The van der Waals surface area contributed by atoms with Crippen molar-refractivity contribution >= 4 is 0 Å². The monoisotopic (exact) mass is 386 g/mol. The van der Waals surface area contributed by atoms with E-state index in [2.05, 4.69) is 20.8 Å². The van der Waals surface area contributed by atoms with Gasteiger partial charge in [0.15, 0.2) is 0 Å². The number of aliphatic hydroxyl groups excluding tert-OH is 2. The Labute approximate surface area is 172 Å². The highest BCUT2D eigenvalue weighted by atomic mass is 16.3. The molecule has 0 saturated carbocycles. The number of hydrogen-bond acceptors (Lipinski definition) is 2. The second-order valence-corrected chi connectivity index (χ2v) is 9.61. The molecular weight excluding hydrogens is 332 g/mol. The Bertz CT molecular complexity index is 255. The summed E-state index contributed by atoms with van der Waals surface area (Å²) in [5, 5.41) is 16.9. The molecule has 0 spiro atoms. The van der Waals surface area contributed by atoms with Gasteiger partial charge in [-0.1, -0.05) is 137 Å². The first-order valence-corrected chi connectivity index (χ1v) is 12.1. The summed E-state index contributed by atoms with van der Waals surface area (Å²) in [4.78, 5) is 0. The van der Waals surface area contributed by atoms with Crippen LogP contribution in [0.15, 0.2) is 0 Å². The van der Waals surface area contributed by atoms with Gasteiger partial charge in [0.05, 0.1) is 13.2 Å². The fraction of sp³-hybridized carbons (Fsp3) is 1.00. The Balaban J connectivity index is 0. The minimum atomic E-state index is -0.306. The van der Waals surface area contributed by atoms with Crippen molar-refractivity contribution in [3.63, 3.8) is 0 Å². The van der Waals surface area contributed by atoms with Gasteiger partial charge in [-0.15, -0.1) is 0 Å². The van der Waals surface area contributed by atoms with Gasteiger partial charge in [-0.05, 0) is 5.92 Å². The van der Waals surface area contributed by atoms with E-state index in [1.54, 1.807) is 13.8 Å². The summed E-state index contributed by atoms with van der Waals surface area (Å²) >= 11 is 0. The molecule has 0 aromatic rings. The Kier molecular flexibility index (Phi) is 24.0. The lowest BCUT2D eigenvalue weighted by Crippen LogP contribution is -2.20. The van der Waals surface area contributed by atoms with E-state index in [0.717, 1.165) is 5.92 Å². The maximum atomic E-state index is 8.43. The van der Waals surface area contributed by atoms with Crippen LogP contribution in [0.4, 0.5) is 0 Å². The standard InChI is InChI=1S/C20H42.C5H12O2/c1-4-5-6-7-8-9-10-11-12-13-14-15-16-17-18-19-20(2)3;1-5(2,3-6)4-7/h20H,4-19H2,1-3H3;6-7H,3-4H2,1-2H3. The molecule has 0 unspecified atom stereocenters. The van der Waals surface area contributed by atoms with E-state index in [9.17, 15) is 0 Å². The van der Waals surface area contributed by atoms with Gasteiger partial charge < -0.3 is 10.2 Å². The van der Waals surface area contributed by atoms with Gasteiger partial charge in [0, 0.05) is 5.41 Å². The first-order chi connectivity index (χ1) is 12.9. The first kappa shape index (κ1) is 29.1. The number of aliphatic hydroxyl groups is 2. The molecule has 0 aromatic carbocycles. The third kappa shape index (κ3) is 28.2. The van der Waals surface area contributed by atoms with Crippen LogP contribution in [0.3, 0.4) is 0 Å². The second-order valence-electron chi connectivity index (χ2n) is 9.61. The molecule has 0 aliphatic heterocycles. The summed E-state index contributed by atoms with van der Waals surface area (Å²) in [7, 11) is 0. The zero-order valence-corrected chi connectivity index (χ0v) is 19.7. The summed E-state index contributed by atoms with van der Waals surface area (Å²) < 4.78 is 0. The molecule has 0 atom stereocenters. The van der Waals surface area contributed by atoms with E-state index < -0.39 is 0 Å². The fourth-order valence-electron chi connectivity index (χ4n) is 2.97. The van der Waals surface area contributed by atoms with Crippen molar-refractivity contribution < 1.29 is 10.2 Å². The molecule has 0 bridgehead atoms. The number of rotatable bonds is 18. The lowest BCUT2D eigenvalue weighted by atomic mass is 9.97. The molecule has 27 heavy (non-hydrogen) atoms. The maximum Gasteiger partial charge on any atom is 0.0504 e. The molecule has 2 heteroatoms. The normalized spacial score (nSPS) is 11.6. The largest absolute Gasteiger partial charge is 0.396 e. The van der Waals surface area contributed by atoms with E-state index in [1.807, 2.05) is 0 Å². The minimum absolute atomic E-state index is 0.0451. The highest BCUT2D eigenvalue weighted by Gasteiger charge is 2.13. The summed E-state index contributed by atoms with van der Waals surface area (Å²) in [5.41, 5.74) is -0.306. The molecule has 0 heterocycles. The van der Waals surface area contributed by atoms with Crippen molar-refractivity contribution in [1.82, 2.24) is 0 Å². The van der Waals surface area contributed by atoms with Crippen molar-refractivity contribution in [1.29, 1.82) is 0 Å². The Morgan fingerprint density at radius 2 is 0.852 bits per heavy atom. The van der Waals surface area contributed by atoms with Crippen LogP contribution in [0.5, 0.6) is 0 Å². The Morgan fingerprint density at radius 3 is 1.07 bits per heavy atom. The third-order valence-electron chi connectivity index (χ3n) is 5.24. The molecule has 0 amide bonds. The van der Waals surface area contributed by atoms with Crippen LogP contribution in [-0.2, 0) is 0 Å². The average Bonchev–Trinajstić information content (AvgIpc) is 2.65.